The number of carboxylic acids is 1. The van der Waals surface area contributed by atoms with Crippen molar-refractivity contribution in [3.63, 3.8) is 0 Å². The molecule has 2 aromatic heterocycles. The van der Waals surface area contributed by atoms with E-state index in [9.17, 15) is 14.7 Å². The Labute approximate surface area is 257 Å². The number of halogens is 1. The monoisotopic (exact) mass is 602 g/mol. The molecule has 3 aromatic rings. The van der Waals surface area contributed by atoms with Crippen molar-refractivity contribution in [2.24, 2.45) is 23.7 Å². The predicted molar refractivity (Wildman–Crippen MR) is 166 cm³/mol. The molecule has 9 heteroatoms. The van der Waals surface area contributed by atoms with Crippen LogP contribution in [0.15, 0.2) is 48.7 Å². The Balaban J connectivity index is 1.36. The van der Waals surface area contributed by atoms with Gasteiger partial charge in [0.15, 0.2) is 0 Å². The normalized spacial score (nSPS) is 25.6. The summed E-state index contributed by atoms with van der Waals surface area (Å²) in [5.41, 5.74) is 2.68. The van der Waals surface area contributed by atoms with E-state index in [4.69, 9.17) is 21.3 Å². The number of nitrogens with one attached hydrogen (secondary N) is 1. The number of ether oxygens (including phenoxy) is 1. The van der Waals surface area contributed by atoms with Crippen LogP contribution in [0, 0.1) is 30.6 Å². The van der Waals surface area contributed by atoms with E-state index in [1.807, 2.05) is 51.4 Å². The van der Waals surface area contributed by atoms with Crippen LogP contribution in [-0.2, 0) is 4.79 Å². The van der Waals surface area contributed by atoms with Gasteiger partial charge in [0.1, 0.15) is 17.0 Å². The highest BCUT2D eigenvalue weighted by atomic mass is 35.5. The summed E-state index contributed by atoms with van der Waals surface area (Å²) in [6.45, 7) is 3.38. The molecular formula is C34H39ClN4O4. The van der Waals surface area contributed by atoms with Gasteiger partial charge >= 0.3 is 5.97 Å². The van der Waals surface area contributed by atoms with Gasteiger partial charge in [-0.2, -0.15) is 0 Å². The topological polar surface area (TPSA) is 105 Å². The molecule has 0 radical (unpaired) electrons. The Hall–Kier alpha value is -3.49. The third-order valence-corrected chi connectivity index (χ3v) is 10.0. The number of amides is 1. The number of hydrogen-bond acceptors (Lipinski definition) is 6. The largest absolute Gasteiger partial charge is 0.492 e. The highest BCUT2D eigenvalue weighted by Crippen LogP contribution is 2.58. The van der Waals surface area contributed by atoms with Gasteiger partial charge in [-0.3, -0.25) is 9.78 Å². The summed E-state index contributed by atoms with van der Waals surface area (Å²) in [4.78, 5) is 38.4. The van der Waals surface area contributed by atoms with Crippen molar-refractivity contribution in [1.82, 2.24) is 20.2 Å². The summed E-state index contributed by atoms with van der Waals surface area (Å²) in [5, 5.41) is 14.1. The molecule has 4 saturated carbocycles. The molecular weight excluding hydrogens is 564 g/mol. The maximum absolute atomic E-state index is 13.9. The standard InChI is InChI=1S/C34H39ClN4O4/c1-20-6-4-11-36-30(20)26-8-10-28(37-31(26)23-7-9-27(35)29(19-23)43-13-5-12-39(2)3)32(40)38-34(33(41)42)24-15-21-14-22(17-24)18-25(34)16-21/h4,6-11,19,21-22,24-25H,5,12-18H2,1-3H3,(H,38,40)(H,41,42). The first kappa shape index (κ1) is 29.6. The van der Waals surface area contributed by atoms with Gasteiger partial charge in [0, 0.05) is 23.9 Å². The second-order valence-electron chi connectivity index (χ2n) is 12.8. The molecule has 8 nitrogen and oxygen atoms in total. The zero-order valence-corrected chi connectivity index (χ0v) is 25.7. The lowest BCUT2D eigenvalue weighted by atomic mass is 9.48. The molecule has 0 aliphatic heterocycles. The third kappa shape index (κ3) is 5.63. The molecule has 0 saturated heterocycles. The van der Waals surface area contributed by atoms with Crippen molar-refractivity contribution in [1.29, 1.82) is 0 Å². The lowest BCUT2D eigenvalue weighted by Crippen LogP contribution is -2.70. The van der Waals surface area contributed by atoms with Gasteiger partial charge in [0.2, 0.25) is 0 Å². The summed E-state index contributed by atoms with van der Waals surface area (Å²) >= 11 is 6.51. The van der Waals surface area contributed by atoms with Crippen LogP contribution in [0.4, 0.5) is 0 Å². The van der Waals surface area contributed by atoms with Crippen molar-refractivity contribution in [2.75, 3.05) is 27.2 Å². The molecule has 4 aliphatic carbocycles. The number of carboxylic acid groups (broad SMARTS) is 1. The van der Waals surface area contributed by atoms with Gasteiger partial charge in [-0.05, 0) is 119 Å². The lowest BCUT2D eigenvalue weighted by Gasteiger charge is -2.59. The molecule has 0 unspecified atom stereocenters. The Bertz CT molecular complexity index is 1510. The number of pyridine rings is 2. The Morgan fingerprint density at radius 1 is 1.05 bits per heavy atom. The molecule has 2 heterocycles. The van der Waals surface area contributed by atoms with Gasteiger partial charge in [-0.15, -0.1) is 0 Å². The van der Waals surface area contributed by atoms with E-state index >= 15 is 0 Å². The number of carbonyl (C=O) groups is 2. The van der Waals surface area contributed by atoms with Crippen LogP contribution in [0.2, 0.25) is 5.02 Å². The first-order valence-corrected chi connectivity index (χ1v) is 15.6. The van der Waals surface area contributed by atoms with Gasteiger partial charge < -0.3 is 20.1 Å². The first-order valence-electron chi connectivity index (χ1n) is 15.2. The summed E-state index contributed by atoms with van der Waals surface area (Å²) in [5.74, 6) is 0.186. The maximum Gasteiger partial charge on any atom is 0.330 e. The molecule has 43 heavy (non-hydrogen) atoms. The van der Waals surface area contributed by atoms with Crippen molar-refractivity contribution in [3.05, 3.63) is 64.9 Å². The van der Waals surface area contributed by atoms with E-state index in [2.05, 4.69) is 15.2 Å². The molecule has 1 aromatic carbocycles. The number of aromatic nitrogens is 2. The molecule has 4 aliphatic rings. The summed E-state index contributed by atoms with van der Waals surface area (Å²) in [6.07, 6.45) is 7.21. The molecule has 4 fully saturated rings. The smallest absolute Gasteiger partial charge is 0.330 e. The van der Waals surface area contributed by atoms with Gasteiger partial charge in [0.05, 0.1) is 23.0 Å². The van der Waals surface area contributed by atoms with Crippen LogP contribution >= 0.6 is 11.6 Å². The van der Waals surface area contributed by atoms with Gasteiger partial charge in [0.25, 0.3) is 5.91 Å². The first-order chi connectivity index (χ1) is 20.7. The zero-order valence-electron chi connectivity index (χ0n) is 25.0. The lowest BCUT2D eigenvalue weighted by molar-refractivity contribution is -0.163. The number of aliphatic carboxylic acids is 1. The molecule has 0 spiro atoms. The van der Waals surface area contributed by atoms with E-state index in [0.29, 0.717) is 34.9 Å². The van der Waals surface area contributed by atoms with E-state index in [0.717, 1.165) is 61.0 Å². The van der Waals surface area contributed by atoms with Crippen molar-refractivity contribution in [2.45, 2.75) is 51.0 Å². The molecule has 7 rings (SSSR count). The van der Waals surface area contributed by atoms with Crippen molar-refractivity contribution in [3.8, 4) is 28.3 Å². The predicted octanol–water partition coefficient (Wildman–Crippen LogP) is 6.11. The molecule has 226 valence electrons. The minimum atomic E-state index is -1.25. The SMILES string of the molecule is Cc1cccnc1-c1ccc(C(=O)NC2(C(=O)O)C3CC4CC(C3)CC2C4)nc1-c1ccc(Cl)c(OCCCN(C)C)c1. The number of nitrogens with zero attached hydrogens (tertiary/aromatic N) is 3. The quantitative estimate of drug-likeness (QED) is 0.270. The molecule has 2 N–H and O–H groups in total. The highest BCUT2D eigenvalue weighted by molar-refractivity contribution is 6.32. The minimum absolute atomic E-state index is 0.0522. The van der Waals surface area contributed by atoms with Crippen molar-refractivity contribution < 1.29 is 19.4 Å². The van der Waals surface area contributed by atoms with Crippen LogP contribution in [0.5, 0.6) is 5.75 Å². The molecule has 0 atom stereocenters. The second-order valence-corrected chi connectivity index (χ2v) is 13.3. The summed E-state index contributed by atoms with van der Waals surface area (Å²) in [6, 6.07) is 12.9. The van der Waals surface area contributed by atoms with Gasteiger partial charge in [-0.1, -0.05) is 23.7 Å². The Kier molecular flexibility index (Phi) is 8.18. The number of rotatable bonds is 10. The maximum atomic E-state index is 13.9. The average molecular weight is 603 g/mol. The van der Waals surface area contributed by atoms with Crippen LogP contribution in [0.25, 0.3) is 22.5 Å². The molecule has 4 bridgehead atoms. The molecule has 1 amide bonds. The summed E-state index contributed by atoms with van der Waals surface area (Å²) in [7, 11) is 4.04. The fourth-order valence-electron chi connectivity index (χ4n) is 7.87. The van der Waals surface area contributed by atoms with Crippen LogP contribution in [0.3, 0.4) is 0 Å². The fraction of sp³-hybridized carbons (Fsp3) is 0.471. The van der Waals surface area contributed by atoms with E-state index < -0.39 is 17.4 Å². The van der Waals surface area contributed by atoms with Crippen LogP contribution in [-0.4, -0.2) is 64.6 Å². The number of carbonyl (C=O) groups excluding carboxylic acids is 1. The zero-order chi connectivity index (χ0) is 30.3. The van der Waals surface area contributed by atoms with Crippen LogP contribution in [0.1, 0.15) is 54.6 Å². The average Bonchev–Trinajstić information content (AvgIpc) is 2.97. The second kappa shape index (κ2) is 11.9. The minimum Gasteiger partial charge on any atom is -0.492 e. The van der Waals surface area contributed by atoms with E-state index in [1.165, 1.54) is 6.42 Å². The van der Waals surface area contributed by atoms with E-state index in [-0.39, 0.29) is 17.5 Å². The number of aryl methyl sites for hydroxylation is 1. The van der Waals surface area contributed by atoms with Gasteiger partial charge in [-0.25, -0.2) is 9.78 Å². The Morgan fingerprint density at radius 3 is 2.42 bits per heavy atom. The Morgan fingerprint density at radius 2 is 1.77 bits per heavy atom. The van der Waals surface area contributed by atoms with Crippen molar-refractivity contribution >= 4 is 23.5 Å². The highest BCUT2D eigenvalue weighted by Gasteiger charge is 2.62. The third-order valence-electron chi connectivity index (χ3n) is 9.70. The van der Waals surface area contributed by atoms with Crippen LogP contribution < -0.4 is 10.1 Å². The fourth-order valence-corrected chi connectivity index (χ4v) is 8.05. The number of hydrogen-bond donors (Lipinski definition) is 2. The number of benzene rings is 1. The summed E-state index contributed by atoms with van der Waals surface area (Å²) < 4.78 is 6.04. The van der Waals surface area contributed by atoms with E-state index in [1.54, 1.807) is 18.3 Å².